The molecule has 0 amide bonds. The molecule has 2 saturated carbocycles. The first kappa shape index (κ1) is 17.8. The first-order valence-corrected chi connectivity index (χ1v) is 9.43. The number of hydrogen-bond donors (Lipinski definition) is 1. The van der Waals surface area contributed by atoms with E-state index in [1.165, 1.54) is 5.56 Å². The molecule has 0 radical (unpaired) electrons. The summed E-state index contributed by atoms with van der Waals surface area (Å²) in [6, 6.07) is 10.4. The number of benzene rings is 1. The van der Waals surface area contributed by atoms with Gasteiger partial charge >= 0.3 is 0 Å². The largest absolute Gasteiger partial charge is 0.393 e. The zero-order valence-corrected chi connectivity index (χ0v) is 15.1. The second-order valence-electron chi connectivity index (χ2n) is 8.05. The average molecular weight is 352 g/mol. The van der Waals surface area contributed by atoms with Gasteiger partial charge in [-0.25, -0.2) is 8.78 Å². The highest BCUT2D eigenvalue weighted by atomic mass is 32.1. The summed E-state index contributed by atoms with van der Waals surface area (Å²) >= 11 is 5.47. The van der Waals surface area contributed by atoms with E-state index >= 15 is 0 Å². The number of thiocarbonyl (C=S) groups is 1. The fraction of sp³-hybridized carbons (Fsp3) is 0.650. The maximum atomic E-state index is 13.1. The molecule has 4 unspecified atom stereocenters. The van der Waals surface area contributed by atoms with Crippen LogP contribution in [0.15, 0.2) is 30.3 Å². The van der Waals surface area contributed by atoms with Crippen LogP contribution in [0.5, 0.6) is 0 Å². The second-order valence-corrected chi connectivity index (χ2v) is 8.49. The van der Waals surface area contributed by atoms with Crippen molar-refractivity contribution in [1.82, 2.24) is 0 Å². The first-order valence-electron chi connectivity index (χ1n) is 9.03. The molecule has 3 rings (SSSR count). The lowest BCUT2D eigenvalue weighted by Gasteiger charge is -2.57. The van der Waals surface area contributed by atoms with Crippen LogP contribution in [0.2, 0.25) is 0 Å². The molecule has 1 nitrogen and oxygen atoms in total. The number of rotatable bonds is 5. The molecule has 0 saturated heterocycles. The van der Waals surface area contributed by atoms with Crippen molar-refractivity contribution in [1.29, 1.82) is 0 Å². The molecule has 4 heteroatoms. The van der Waals surface area contributed by atoms with Gasteiger partial charge in [0.25, 0.3) is 0 Å². The van der Waals surface area contributed by atoms with Crippen molar-refractivity contribution in [2.75, 3.05) is 0 Å². The Balaban J connectivity index is 2.04. The van der Waals surface area contributed by atoms with Gasteiger partial charge in [0.15, 0.2) is 0 Å². The summed E-state index contributed by atoms with van der Waals surface area (Å²) in [5.74, 6) is 0.561. The predicted octanol–water partition coefficient (Wildman–Crippen LogP) is 5.47. The van der Waals surface area contributed by atoms with Gasteiger partial charge in [-0.3, -0.25) is 0 Å². The lowest BCUT2D eigenvalue weighted by molar-refractivity contribution is 0.00552. The minimum absolute atomic E-state index is 0.00161. The summed E-state index contributed by atoms with van der Waals surface area (Å²) in [5.41, 5.74) is 7.18. The van der Waals surface area contributed by atoms with Gasteiger partial charge in [0.05, 0.1) is 4.99 Å². The first-order chi connectivity index (χ1) is 11.4. The van der Waals surface area contributed by atoms with Crippen LogP contribution in [0, 0.1) is 17.3 Å². The lowest BCUT2D eigenvalue weighted by atomic mass is 9.47. The molecular formula is C20H27F2NS. The molecule has 1 aromatic rings. The van der Waals surface area contributed by atoms with Crippen LogP contribution in [0.3, 0.4) is 0 Å². The van der Waals surface area contributed by atoms with Crippen LogP contribution in [-0.2, 0) is 5.41 Å². The summed E-state index contributed by atoms with van der Waals surface area (Å²) in [6.07, 6.45) is 3.33. The van der Waals surface area contributed by atoms with Crippen molar-refractivity contribution in [3.8, 4) is 0 Å². The number of fused-ring (bicyclic) bond motifs is 2. The van der Waals surface area contributed by atoms with Gasteiger partial charge in [-0.1, -0.05) is 55.9 Å². The topological polar surface area (TPSA) is 26.0 Å². The van der Waals surface area contributed by atoms with Gasteiger partial charge in [0.2, 0.25) is 6.43 Å². The summed E-state index contributed by atoms with van der Waals surface area (Å²) in [5, 5.41) is 0. The molecule has 24 heavy (non-hydrogen) atoms. The highest BCUT2D eigenvalue weighted by molar-refractivity contribution is 7.80. The highest BCUT2D eigenvalue weighted by Gasteiger charge is 2.55. The van der Waals surface area contributed by atoms with Crippen molar-refractivity contribution < 1.29 is 8.78 Å². The van der Waals surface area contributed by atoms with E-state index in [0.717, 1.165) is 38.5 Å². The molecule has 0 aromatic heterocycles. The van der Waals surface area contributed by atoms with Crippen LogP contribution in [0.25, 0.3) is 0 Å². The summed E-state index contributed by atoms with van der Waals surface area (Å²) in [4.78, 5) is 0.542. The Morgan fingerprint density at radius 2 is 1.79 bits per heavy atom. The Kier molecular flexibility index (Phi) is 4.96. The standard InChI is InChI=1S/C20H27F2NS/c1-2-14-9-19(16-6-4-3-5-7-16)11-15(8-17(21)22)12-20(10-14,13-19)18(23)24/h3-7,14-15,17H,2,8-13H2,1H3,(H2,23,24). The summed E-state index contributed by atoms with van der Waals surface area (Å²) in [7, 11) is 0. The number of halogens is 2. The molecule has 4 atom stereocenters. The monoisotopic (exact) mass is 351 g/mol. The Morgan fingerprint density at radius 1 is 1.17 bits per heavy atom. The molecule has 2 aliphatic carbocycles. The fourth-order valence-corrected chi connectivity index (χ4v) is 5.82. The Morgan fingerprint density at radius 3 is 2.38 bits per heavy atom. The Hall–Kier alpha value is -1.03. The molecular weight excluding hydrogens is 324 g/mol. The summed E-state index contributed by atoms with van der Waals surface area (Å²) in [6.45, 7) is 2.22. The van der Waals surface area contributed by atoms with Crippen molar-refractivity contribution >= 4 is 17.2 Å². The third-order valence-electron chi connectivity index (χ3n) is 6.39. The van der Waals surface area contributed by atoms with E-state index in [4.69, 9.17) is 18.0 Å². The van der Waals surface area contributed by atoms with Crippen molar-refractivity contribution in [2.45, 2.75) is 63.7 Å². The number of alkyl halides is 2. The highest BCUT2D eigenvalue weighted by Crippen LogP contribution is 2.61. The number of hydrogen-bond acceptors (Lipinski definition) is 1. The van der Waals surface area contributed by atoms with Crippen LogP contribution in [0.1, 0.15) is 57.4 Å². The Bertz CT molecular complexity index is 591. The maximum absolute atomic E-state index is 13.1. The van der Waals surface area contributed by atoms with E-state index in [-0.39, 0.29) is 23.2 Å². The minimum Gasteiger partial charge on any atom is -0.393 e. The third-order valence-corrected chi connectivity index (χ3v) is 6.83. The van der Waals surface area contributed by atoms with Crippen LogP contribution in [-0.4, -0.2) is 11.4 Å². The van der Waals surface area contributed by atoms with Crippen molar-refractivity contribution in [2.24, 2.45) is 23.0 Å². The zero-order chi connectivity index (χ0) is 17.4. The smallest absolute Gasteiger partial charge is 0.238 e. The summed E-state index contributed by atoms with van der Waals surface area (Å²) < 4.78 is 26.3. The van der Waals surface area contributed by atoms with E-state index in [1.54, 1.807) is 0 Å². The predicted molar refractivity (Wildman–Crippen MR) is 98.3 cm³/mol. The molecule has 132 valence electrons. The van der Waals surface area contributed by atoms with Crippen LogP contribution in [0.4, 0.5) is 8.78 Å². The van der Waals surface area contributed by atoms with Gasteiger partial charge < -0.3 is 5.73 Å². The van der Waals surface area contributed by atoms with E-state index in [9.17, 15) is 8.78 Å². The molecule has 0 spiro atoms. The van der Waals surface area contributed by atoms with E-state index in [1.807, 2.05) is 6.07 Å². The van der Waals surface area contributed by atoms with Crippen LogP contribution >= 0.6 is 12.2 Å². The molecule has 2 aliphatic rings. The minimum atomic E-state index is -2.26. The van der Waals surface area contributed by atoms with E-state index in [2.05, 4.69) is 31.2 Å². The Labute approximate surface area is 149 Å². The van der Waals surface area contributed by atoms with Gasteiger partial charge in [-0.05, 0) is 54.9 Å². The molecule has 2 N–H and O–H groups in total. The quantitative estimate of drug-likeness (QED) is 0.712. The molecule has 1 aromatic carbocycles. The third kappa shape index (κ3) is 3.22. The van der Waals surface area contributed by atoms with Crippen molar-refractivity contribution in [3.63, 3.8) is 0 Å². The normalized spacial score (nSPS) is 35.8. The molecule has 0 aliphatic heterocycles. The second kappa shape index (κ2) is 6.70. The zero-order valence-electron chi connectivity index (χ0n) is 14.3. The average Bonchev–Trinajstić information content (AvgIpc) is 2.54. The van der Waals surface area contributed by atoms with Gasteiger partial charge in [-0.2, -0.15) is 0 Å². The van der Waals surface area contributed by atoms with Gasteiger partial charge in [0.1, 0.15) is 0 Å². The maximum Gasteiger partial charge on any atom is 0.238 e. The van der Waals surface area contributed by atoms with Gasteiger partial charge in [0, 0.05) is 11.8 Å². The number of nitrogens with two attached hydrogens (primary N) is 1. The molecule has 2 bridgehead atoms. The molecule has 2 fully saturated rings. The van der Waals surface area contributed by atoms with Crippen molar-refractivity contribution in [3.05, 3.63) is 35.9 Å². The van der Waals surface area contributed by atoms with E-state index in [0.29, 0.717) is 10.9 Å². The fourth-order valence-electron chi connectivity index (χ4n) is 5.58. The van der Waals surface area contributed by atoms with E-state index < -0.39 is 6.43 Å². The van der Waals surface area contributed by atoms with Crippen LogP contribution < -0.4 is 5.73 Å². The molecule has 0 heterocycles. The lowest BCUT2D eigenvalue weighted by Crippen LogP contribution is -2.54. The van der Waals surface area contributed by atoms with Gasteiger partial charge in [-0.15, -0.1) is 0 Å². The SMILES string of the molecule is CCC1CC2(C(N)=S)CC(CC(F)F)CC(c3ccccc3)(C1)C2.